The Bertz CT molecular complexity index is 1060. The van der Waals surface area contributed by atoms with Gasteiger partial charge in [0.25, 0.3) is 0 Å². The van der Waals surface area contributed by atoms with Crippen LogP contribution < -0.4 is 9.47 Å². The fourth-order valence-electron chi connectivity index (χ4n) is 2.36. The molecule has 144 valence electrons. The van der Waals surface area contributed by atoms with Gasteiger partial charge >= 0.3 is 5.97 Å². The molecule has 0 aliphatic heterocycles. The van der Waals surface area contributed by atoms with Gasteiger partial charge in [-0.05, 0) is 54.6 Å². The first-order valence-electron chi connectivity index (χ1n) is 8.44. The number of carbonyl (C=O) groups is 1. The molecule has 0 spiro atoms. The van der Waals surface area contributed by atoms with Gasteiger partial charge in [0.2, 0.25) is 10.0 Å². The van der Waals surface area contributed by atoms with Crippen LogP contribution in [0, 0.1) is 0 Å². The van der Waals surface area contributed by atoms with Crippen molar-refractivity contribution in [2.24, 2.45) is 0 Å². The number of sulfonamides is 1. The van der Waals surface area contributed by atoms with E-state index in [1.807, 2.05) is 30.3 Å². The third kappa shape index (κ3) is 4.57. The predicted molar refractivity (Wildman–Crippen MR) is 105 cm³/mol. The summed E-state index contributed by atoms with van der Waals surface area (Å²) in [4.78, 5) is 12.4. The van der Waals surface area contributed by atoms with E-state index in [4.69, 9.17) is 9.47 Å². The number of hydrogen-bond acceptors (Lipinski definition) is 5. The fraction of sp³-hybridized carbons (Fsp3) is 0.0952. The first-order valence-corrected chi connectivity index (χ1v) is 9.88. The van der Waals surface area contributed by atoms with Gasteiger partial charge in [0, 0.05) is 14.1 Å². The van der Waals surface area contributed by atoms with Crippen LogP contribution in [0.5, 0.6) is 17.2 Å². The van der Waals surface area contributed by atoms with Crippen molar-refractivity contribution < 1.29 is 22.7 Å². The van der Waals surface area contributed by atoms with Gasteiger partial charge in [-0.2, -0.15) is 0 Å². The van der Waals surface area contributed by atoms with Crippen LogP contribution in [0.15, 0.2) is 83.8 Å². The zero-order chi connectivity index (χ0) is 20.1. The smallest absolute Gasteiger partial charge is 0.343 e. The Morgan fingerprint density at radius 1 is 0.786 bits per heavy atom. The van der Waals surface area contributed by atoms with Gasteiger partial charge in [-0.3, -0.25) is 0 Å². The molecule has 3 rings (SSSR count). The number of ether oxygens (including phenoxy) is 2. The van der Waals surface area contributed by atoms with Crippen molar-refractivity contribution in [3.8, 4) is 17.2 Å². The number of benzene rings is 3. The molecule has 0 saturated heterocycles. The van der Waals surface area contributed by atoms with E-state index >= 15 is 0 Å². The van der Waals surface area contributed by atoms with E-state index in [9.17, 15) is 13.2 Å². The maximum atomic E-state index is 12.4. The van der Waals surface area contributed by atoms with Crippen LogP contribution in [-0.2, 0) is 10.0 Å². The average molecular weight is 397 g/mol. The van der Waals surface area contributed by atoms with Gasteiger partial charge < -0.3 is 9.47 Å². The molecule has 0 unspecified atom stereocenters. The standard InChI is InChI=1S/C21H19NO5S/c1-22(2)28(24,25)20-10-6-7-16(15-20)21(23)27-19-13-11-18(12-14-19)26-17-8-4-3-5-9-17/h3-15H,1-2H3. The highest BCUT2D eigenvalue weighted by atomic mass is 32.2. The van der Waals surface area contributed by atoms with E-state index in [2.05, 4.69) is 0 Å². The molecule has 0 aromatic heterocycles. The van der Waals surface area contributed by atoms with E-state index in [0.717, 1.165) is 4.31 Å². The van der Waals surface area contributed by atoms with Crippen molar-refractivity contribution in [3.63, 3.8) is 0 Å². The Balaban J connectivity index is 1.71. The summed E-state index contributed by atoms with van der Waals surface area (Å²) in [6.07, 6.45) is 0. The minimum atomic E-state index is -3.63. The second-order valence-electron chi connectivity index (χ2n) is 6.09. The molecular formula is C21H19NO5S. The molecule has 3 aromatic rings. The molecule has 0 amide bonds. The van der Waals surface area contributed by atoms with Crippen LogP contribution in [0.1, 0.15) is 10.4 Å². The highest BCUT2D eigenvalue weighted by Gasteiger charge is 2.19. The number of rotatable bonds is 6. The molecule has 0 fully saturated rings. The van der Waals surface area contributed by atoms with Crippen LogP contribution >= 0.6 is 0 Å². The quantitative estimate of drug-likeness (QED) is 0.465. The second kappa shape index (κ2) is 8.24. The average Bonchev–Trinajstić information content (AvgIpc) is 2.70. The number of carbonyl (C=O) groups excluding carboxylic acids is 1. The molecule has 0 radical (unpaired) electrons. The molecular weight excluding hydrogens is 378 g/mol. The van der Waals surface area contributed by atoms with Crippen molar-refractivity contribution in [3.05, 3.63) is 84.4 Å². The Labute approximate surface area is 164 Å². The molecule has 7 heteroatoms. The number of para-hydroxylation sites is 1. The van der Waals surface area contributed by atoms with Crippen molar-refractivity contribution >= 4 is 16.0 Å². The van der Waals surface area contributed by atoms with Gasteiger partial charge in [0.1, 0.15) is 17.2 Å². The molecule has 0 heterocycles. The predicted octanol–water partition coefficient (Wildman–Crippen LogP) is 3.95. The van der Waals surface area contributed by atoms with Crippen molar-refractivity contribution in [1.82, 2.24) is 4.31 Å². The summed E-state index contributed by atoms with van der Waals surface area (Å²) in [5.41, 5.74) is 0.146. The summed E-state index contributed by atoms with van der Waals surface area (Å²) in [6, 6.07) is 21.6. The molecule has 0 aliphatic carbocycles. The van der Waals surface area contributed by atoms with Crippen molar-refractivity contribution in [2.75, 3.05) is 14.1 Å². The first-order chi connectivity index (χ1) is 13.4. The third-order valence-corrected chi connectivity index (χ3v) is 5.67. The van der Waals surface area contributed by atoms with Crippen molar-refractivity contribution in [1.29, 1.82) is 0 Å². The van der Waals surface area contributed by atoms with Crippen LogP contribution in [0.2, 0.25) is 0 Å². The lowest BCUT2D eigenvalue weighted by molar-refractivity contribution is 0.0734. The summed E-state index contributed by atoms with van der Waals surface area (Å²) < 4.78 is 36.5. The Kier molecular flexibility index (Phi) is 5.77. The van der Waals surface area contributed by atoms with E-state index in [1.54, 1.807) is 24.3 Å². The van der Waals surface area contributed by atoms with E-state index in [1.165, 1.54) is 38.4 Å². The maximum Gasteiger partial charge on any atom is 0.343 e. The zero-order valence-electron chi connectivity index (χ0n) is 15.4. The Morgan fingerprint density at radius 2 is 1.39 bits per heavy atom. The number of esters is 1. The summed E-state index contributed by atoms with van der Waals surface area (Å²) in [5.74, 6) is 0.982. The molecule has 6 nitrogen and oxygen atoms in total. The van der Waals surface area contributed by atoms with Gasteiger partial charge in [-0.1, -0.05) is 24.3 Å². The monoisotopic (exact) mass is 397 g/mol. The van der Waals surface area contributed by atoms with Gasteiger partial charge in [0.05, 0.1) is 10.5 Å². The fourth-order valence-corrected chi connectivity index (χ4v) is 3.31. The normalized spacial score (nSPS) is 11.2. The molecule has 0 N–H and O–H groups in total. The minimum absolute atomic E-state index is 0.0264. The zero-order valence-corrected chi connectivity index (χ0v) is 16.2. The summed E-state index contributed by atoms with van der Waals surface area (Å²) in [6.45, 7) is 0. The molecule has 0 saturated carbocycles. The highest BCUT2D eigenvalue weighted by Crippen LogP contribution is 2.24. The van der Waals surface area contributed by atoms with Crippen LogP contribution in [0.25, 0.3) is 0 Å². The Hall–Kier alpha value is -3.16. The topological polar surface area (TPSA) is 72.9 Å². The number of nitrogens with zero attached hydrogens (tertiary/aromatic N) is 1. The third-order valence-electron chi connectivity index (χ3n) is 3.86. The maximum absolute atomic E-state index is 12.4. The summed E-state index contributed by atoms with van der Waals surface area (Å²) >= 11 is 0. The SMILES string of the molecule is CN(C)S(=O)(=O)c1cccc(C(=O)Oc2ccc(Oc3ccccc3)cc2)c1. The lowest BCUT2D eigenvalue weighted by Gasteiger charge is -2.12. The van der Waals surface area contributed by atoms with Gasteiger partial charge in [0.15, 0.2) is 0 Å². The van der Waals surface area contributed by atoms with Crippen molar-refractivity contribution in [2.45, 2.75) is 4.90 Å². The molecule has 0 atom stereocenters. The molecule has 0 bridgehead atoms. The lowest BCUT2D eigenvalue weighted by Crippen LogP contribution is -2.22. The summed E-state index contributed by atoms with van der Waals surface area (Å²) in [5, 5.41) is 0. The number of hydrogen-bond donors (Lipinski definition) is 0. The van der Waals surface area contributed by atoms with Crippen LogP contribution in [0.4, 0.5) is 0 Å². The minimum Gasteiger partial charge on any atom is -0.457 e. The second-order valence-corrected chi connectivity index (χ2v) is 8.24. The van der Waals surface area contributed by atoms with Crippen LogP contribution in [-0.4, -0.2) is 32.8 Å². The lowest BCUT2D eigenvalue weighted by atomic mass is 10.2. The Morgan fingerprint density at radius 3 is 2.04 bits per heavy atom. The first kappa shape index (κ1) is 19.6. The highest BCUT2D eigenvalue weighted by molar-refractivity contribution is 7.89. The van der Waals surface area contributed by atoms with E-state index in [-0.39, 0.29) is 10.5 Å². The molecule has 3 aromatic carbocycles. The van der Waals surface area contributed by atoms with Crippen LogP contribution in [0.3, 0.4) is 0 Å². The van der Waals surface area contributed by atoms with Gasteiger partial charge in [-0.15, -0.1) is 0 Å². The largest absolute Gasteiger partial charge is 0.457 e. The van der Waals surface area contributed by atoms with E-state index in [0.29, 0.717) is 17.2 Å². The summed E-state index contributed by atoms with van der Waals surface area (Å²) in [7, 11) is -0.772. The van der Waals surface area contributed by atoms with Gasteiger partial charge in [-0.25, -0.2) is 17.5 Å². The molecule has 28 heavy (non-hydrogen) atoms. The van der Waals surface area contributed by atoms with E-state index < -0.39 is 16.0 Å². The molecule has 0 aliphatic rings.